The first kappa shape index (κ1) is 14.5. The predicted octanol–water partition coefficient (Wildman–Crippen LogP) is 3.21. The van der Waals surface area contributed by atoms with Crippen LogP contribution in [0.4, 0.5) is 4.39 Å². The molecule has 24 heavy (non-hydrogen) atoms. The Kier molecular flexibility index (Phi) is 3.56. The molecule has 0 saturated heterocycles. The fourth-order valence-electron chi connectivity index (χ4n) is 2.92. The monoisotopic (exact) mass is 320 g/mol. The Morgan fingerprint density at radius 2 is 2.17 bits per heavy atom. The zero-order valence-corrected chi connectivity index (χ0v) is 12.7. The number of aromatic nitrogens is 3. The fraction of sp³-hybridized carbons (Fsp3) is 0.167. The van der Waals surface area contributed by atoms with Gasteiger partial charge in [0.05, 0.1) is 30.5 Å². The predicted molar refractivity (Wildman–Crippen MR) is 86.5 cm³/mol. The molecule has 0 saturated carbocycles. The highest BCUT2D eigenvalue weighted by atomic mass is 19.1. The Bertz CT molecular complexity index is 983. The van der Waals surface area contributed by atoms with Gasteiger partial charge < -0.3 is 4.74 Å². The first-order chi connectivity index (χ1) is 11.8. The largest absolute Gasteiger partial charge is 0.377 e. The maximum atomic E-state index is 13.2. The number of hydrogen-bond donors (Lipinski definition) is 0. The molecule has 3 aromatic rings. The summed E-state index contributed by atoms with van der Waals surface area (Å²) >= 11 is 0. The SMILES string of the molecule is N#Cc1cnn2cc(C3=CCOCC3)cc(-c3ccc(F)nc3)c12. The maximum absolute atomic E-state index is 13.2. The summed E-state index contributed by atoms with van der Waals surface area (Å²) in [7, 11) is 0. The molecule has 6 heteroatoms. The van der Waals surface area contributed by atoms with Crippen molar-refractivity contribution in [1.82, 2.24) is 14.6 Å². The van der Waals surface area contributed by atoms with Crippen LogP contribution in [0.25, 0.3) is 22.2 Å². The van der Waals surface area contributed by atoms with Crippen molar-refractivity contribution in [2.24, 2.45) is 0 Å². The number of pyridine rings is 2. The number of halogens is 1. The number of fused-ring (bicyclic) bond motifs is 1. The van der Waals surface area contributed by atoms with E-state index in [9.17, 15) is 9.65 Å². The molecule has 0 bridgehead atoms. The van der Waals surface area contributed by atoms with E-state index in [0.717, 1.165) is 23.1 Å². The van der Waals surface area contributed by atoms with Gasteiger partial charge in [-0.3, -0.25) is 0 Å². The minimum Gasteiger partial charge on any atom is -0.377 e. The molecule has 0 amide bonds. The van der Waals surface area contributed by atoms with Gasteiger partial charge in [0.2, 0.25) is 5.95 Å². The van der Waals surface area contributed by atoms with E-state index in [1.54, 1.807) is 10.6 Å². The van der Waals surface area contributed by atoms with Crippen LogP contribution in [0, 0.1) is 17.3 Å². The lowest BCUT2D eigenvalue weighted by Gasteiger charge is -2.15. The number of hydrogen-bond acceptors (Lipinski definition) is 4. The Labute approximate surface area is 137 Å². The highest BCUT2D eigenvalue weighted by Crippen LogP contribution is 2.31. The van der Waals surface area contributed by atoms with Crippen molar-refractivity contribution in [3.05, 3.63) is 59.9 Å². The molecule has 0 aliphatic carbocycles. The molecule has 0 fully saturated rings. The van der Waals surface area contributed by atoms with Gasteiger partial charge in [-0.05, 0) is 35.8 Å². The van der Waals surface area contributed by atoms with E-state index in [2.05, 4.69) is 16.2 Å². The standard InChI is InChI=1S/C18H13FN4O/c19-17-2-1-13(9-21-17)16-7-14(12-3-5-24-6-4-12)11-23-18(16)15(8-20)10-22-23/h1-3,7,9-11H,4-6H2. The van der Waals surface area contributed by atoms with Gasteiger partial charge in [-0.25, -0.2) is 9.50 Å². The van der Waals surface area contributed by atoms with Crippen molar-refractivity contribution < 1.29 is 9.13 Å². The Morgan fingerprint density at radius 3 is 2.88 bits per heavy atom. The summed E-state index contributed by atoms with van der Waals surface area (Å²) in [5.41, 5.74) is 4.91. The lowest BCUT2D eigenvalue weighted by Crippen LogP contribution is -2.05. The molecule has 1 aliphatic rings. The molecule has 0 radical (unpaired) electrons. The third-order valence-electron chi connectivity index (χ3n) is 4.10. The Hall–Kier alpha value is -3.04. The molecule has 5 nitrogen and oxygen atoms in total. The molecule has 0 spiro atoms. The van der Waals surface area contributed by atoms with Crippen LogP contribution in [0.3, 0.4) is 0 Å². The van der Waals surface area contributed by atoms with Crippen LogP contribution in [0.2, 0.25) is 0 Å². The first-order valence-corrected chi connectivity index (χ1v) is 7.57. The van der Waals surface area contributed by atoms with Gasteiger partial charge in [0, 0.05) is 23.5 Å². The van der Waals surface area contributed by atoms with Crippen LogP contribution in [-0.4, -0.2) is 27.8 Å². The maximum Gasteiger partial charge on any atom is 0.212 e. The summed E-state index contributed by atoms with van der Waals surface area (Å²) in [6.07, 6.45) is 7.79. The van der Waals surface area contributed by atoms with Crippen molar-refractivity contribution in [2.45, 2.75) is 6.42 Å². The third-order valence-corrected chi connectivity index (χ3v) is 4.10. The quantitative estimate of drug-likeness (QED) is 0.680. The second-order valence-corrected chi connectivity index (χ2v) is 5.53. The number of nitriles is 1. The topological polar surface area (TPSA) is 63.2 Å². The molecule has 1 aliphatic heterocycles. The number of ether oxygens (including phenoxy) is 1. The van der Waals surface area contributed by atoms with Crippen LogP contribution in [0.1, 0.15) is 17.5 Å². The van der Waals surface area contributed by atoms with Gasteiger partial charge in [0.15, 0.2) is 0 Å². The number of rotatable bonds is 2. The minimum atomic E-state index is -0.535. The van der Waals surface area contributed by atoms with Gasteiger partial charge in [-0.2, -0.15) is 14.8 Å². The molecule has 118 valence electrons. The lowest BCUT2D eigenvalue weighted by molar-refractivity contribution is 0.161. The van der Waals surface area contributed by atoms with E-state index in [-0.39, 0.29) is 0 Å². The summed E-state index contributed by atoms with van der Waals surface area (Å²) in [4.78, 5) is 3.73. The summed E-state index contributed by atoms with van der Waals surface area (Å²) in [6, 6.07) is 7.14. The lowest BCUT2D eigenvalue weighted by atomic mass is 9.98. The van der Waals surface area contributed by atoms with Crippen molar-refractivity contribution in [1.29, 1.82) is 5.26 Å². The third kappa shape index (κ3) is 2.45. The van der Waals surface area contributed by atoms with E-state index in [0.29, 0.717) is 24.3 Å². The van der Waals surface area contributed by atoms with E-state index in [4.69, 9.17) is 4.74 Å². The smallest absolute Gasteiger partial charge is 0.212 e. The average molecular weight is 320 g/mol. The molecule has 4 heterocycles. The first-order valence-electron chi connectivity index (χ1n) is 7.57. The molecule has 3 aromatic heterocycles. The fourth-order valence-corrected chi connectivity index (χ4v) is 2.92. The molecule has 0 aromatic carbocycles. The highest BCUT2D eigenvalue weighted by Gasteiger charge is 2.15. The van der Waals surface area contributed by atoms with Gasteiger partial charge >= 0.3 is 0 Å². The van der Waals surface area contributed by atoms with Crippen molar-refractivity contribution >= 4 is 11.1 Å². The molecule has 4 rings (SSSR count). The van der Waals surface area contributed by atoms with Crippen LogP contribution < -0.4 is 0 Å². The Morgan fingerprint density at radius 1 is 1.25 bits per heavy atom. The zero-order chi connectivity index (χ0) is 16.5. The van der Waals surface area contributed by atoms with Crippen molar-refractivity contribution in [2.75, 3.05) is 13.2 Å². The van der Waals surface area contributed by atoms with Crippen LogP contribution in [0.5, 0.6) is 0 Å². The van der Waals surface area contributed by atoms with Crippen molar-refractivity contribution in [3.8, 4) is 17.2 Å². The van der Waals surface area contributed by atoms with E-state index >= 15 is 0 Å². The second kappa shape index (κ2) is 5.87. The van der Waals surface area contributed by atoms with Crippen LogP contribution in [0.15, 0.2) is 42.9 Å². The van der Waals surface area contributed by atoms with Gasteiger partial charge in [-0.1, -0.05) is 6.08 Å². The average Bonchev–Trinajstić information content (AvgIpc) is 3.05. The molecule has 0 unspecified atom stereocenters. The van der Waals surface area contributed by atoms with E-state index in [1.807, 2.05) is 18.3 Å². The summed E-state index contributed by atoms with van der Waals surface area (Å²) in [5.74, 6) is -0.535. The van der Waals surface area contributed by atoms with E-state index in [1.165, 1.54) is 24.0 Å². The Balaban J connectivity index is 1.97. The van der Waals surface area contributed by atoms with Crippen LogP contribution in [-0.2, 0) is 4.74 Å². The summed E-state index contributed by atoms with van der Waals surface area (Å²) < 4.78 is 20.2. The molecule has 0 N–H and O–H groups in total. The summed E-state index contributed by atoms with van der Waals surface area (Å²) in [5, 5.41) is 13.6. The molecule has 0 atom stereocenters. The zero-order valence-electron chi connectivity index (χ0n) is 12.7. The highest BCUT2D eigenvalue weighted by molar-refractivity contribution is 5.86. The van der Waals surface area contributed by atoms with E-state index < -0.39 is 5.95 Å². The normalized spacial score (nSPS) is 14.4. The van der Waals surface area contributed by atoms with Gasteiger partial charge in [0.1, 0.15) is 6.07 Å². The van der Waals surface area contributed by atoms with Crippen molar-refractivity contribution in [3.63, 3.8) is 0 Å². The molecular formula is C18H13FN4O. The van der Waals surface area contributed by atoms with Gasteiger partial charge in [-0.15, -0.1) is 0 Å². The minimum absolute atomic E-state index is 0.474. The summed E-state index contributed by atoms with van der Waals surface area (Å²) in [6.45, 7) is 1.27. The number of nitrogens with zero attached hydrogens (tertiary/aromatic N) is 4. The van der Waals surface area contributed by atoms with Gasteiger partial charge in [0.25, 0.3) is 0 Å². The van der Waals surface area contributed by atoms with Crippen LogP contribution >= 0.6 is 0 Å². The molecular weight excluding hydrogens is 307 g/mol. The second-order valence-electron chi connectivity index (χ2n) is 5.53.